The van der Waals surface area contributed by atoms with E-state index < -0.39 is 0 Å². The van der Waals surface area contributed by atoms with Crippen LogP contribution in [0, 0.1) is 0 Å². The fraction of sp³-hybridized carbons (Fsp3) is 0.550. The molecular weight excluding hydrogens is 358 g/mol. The van der Waals surface area contributed by atoms with Crippen molar-refractivity contribution in [3.63, 3.8) is 0 Å². The number of nitrogens with zero attached hydrogens (tertiary/aromatic N) is 4. The van der Waals surface area contributed by atoms with Crippen molar-refractivity contribution in [2.24, 2.45) is 0 Å². The lowest BCUT2D eigenvalue weighted by atomic mass is 10.1. The fourth-order valence-electron chi connectivity index (χ4n) is 3.98. The van der Waals surface area contributed by atoms with Crippen molar-refractivity contribution in [2.75, 3.05) is 31.9 Å². The van der Waals surface area contributed by atoms with Gasteiger partial charge in [0.1, 0.15) is 6.54 Å². The molecule has 1 amide bonds. The maximum Gasteiger partial charge on any atom is 0.233 e. The second-order valence-electron chi connectivity index (χ2n) is 7.43. The predicted molar refractivity (Wildman–Crippen MR) is 106 cm³/mol. The Morgan fingerprint density at radius 3 is 2.48 bits per heavy atom. The molecule has 6 nitrogen and oxygen atoms in total. The molecule has 2 aliphatic rings. The van der Waals surface area contributed by atoms with Gasteiger partial charge in [-0.05, 0) is 31.4 Å². The molecule has 2 saturated heterocycles. The van der Waals surface area contributed by atoms with Gasteiger partial charge in [0.2, 0.25) is 5.91 Å². The van der Waals surface area contributed by atoms with Gasteiger partial charge in [0, 0.05) is 31.6 Å². The van der Waals surface area contributed by atoms with Gasteiger partial charge in [-0.1, -0.05) is 30.0 Å². The van der Waals surface area contributed by atoms with Gasteiger partial charge in [0.25, 0.3) is 0 Å². The van der Waals surface area contributed by atoms with Crippen LogP contribution in [0.15, 0.2) is 35.5 Å². The molecular formula is C20H28N5OS+. The summed E-state index contributed by atoms with van der Waals surface area (Å²) in [5.41, 5.74) is 1.07. The van der Waals surface area contributed by atoms with Gasteiger partial charge in [-0.2, -0.15) is 0 Å². The number of thioether (sulfide) groups is 1. The minimum absolute atomic E-state index is 0.217. The Labute approximate surface area is 164 Å². The molecule has 3 heterocycles. The zero-order valence-electron chi connectivity index (χ0n) is 15.8. The zero-order chi connectivity index (χ0) is 18.5. The van der Waals surface area contributed by atoms with Crippen LogP contribution in [0.2, 0.25) is 0 Å². The number of carbonyl (C=O) groups is 1. The van der Waals surface area contributed by atoms with E-state index in [1.54, 1.807) is 4.90 Å². The molecule has 7 heteroatoms. The van der Waals surface area contributed by atoms with E-state index in [4.69, 9.17) is 0 Å². The van der Waals surface area contributed by atoms with E-state index in [9.17, 15) is 4.79 Å². The molecule has 2 aliphatic heterocycles. The number of quaternary nitrogens is 1. The lowest BCUT2D eigenvalue weighted by molar-refractivity contribution is -0.902. The average molecular weight is 387 g/mol. The van der Waals surface area contributed by atoms with Crippen molar-refractivity contribution in [3.05, 3.63) is 36.2 Å². The Balaban J connectivity index is 1.50. The van der Waals surface area contributed by atoms with Crippen molar-refractivity contribution in [1.82, 2.24) is 19.7 Å². The highest BCUT2D eigenvalue weighted by Crippen LogP contribution is 2.23. The predicted octanol–water partition coefficient (Wildman–Crippen LogP) is 1.55. The fourth-order valence-corrected chi connectivity index (χ4v) is 4.85. The molecule has 0 spiro atoms. The summed E-state index contributed by atoms with van der Waals surface area (Å²) >= 11 is 1.51. The Bertz CT molecular complexity index is 751. The molecule has 0 unspecified atom stereocenters. The number of likely N-dealkylation sites (tertiary alicyclic amines) is 2. The zero-order valence-corrected chi connectivity index (χ0v) is 16.6. The quantitative estimate of drug-likeness (QED) is 0.766. The monoisotopic (exact) mass is 386 g/mol. The van der Waals surface area contributed by atoms with Crippen LogP contribution in [0.4, 0.5) is 0 Å². The van der Waals surface area contributed by atoms with Crippen LogP contribution in [0.25, 0.3) is 5.69 Å². The van der Waals surface area contributed by atoms with E-state index in [0.717, 1.165) is 49.1 Å². The van der Waals surface area contributed by atoms with E-state index in [0.29, 0.717) is 5.75 Å². The molecule has 0 aliphatic carbocycles. The van der Waals surface area contributed by atoms with Crippen molar-refractivity contribution in [1.29, 1.82) is 0 Å². The van der Waals surface area contributed by atoms with E-state index in [2.05, 4.69) is 26.9 Å². The third kappa shape index (κ3) is 4.52. The molecule has 0 atom stereocenters. The first kappa shape index (κ1) is 18.5. The summed E-state index contributed by atoms with van der Waals surface area (Å²) in [4.78, 5) is 16.1. The van der Waals surface area contributed by atoms with E-state index in [1.807, 2.05) is 23.1 Å². The number of amides is 1. The number of hydrogen-bond acceptors (Lipinski definition) is 4. The van der Waals surface area contributed by atoms with Gasteiger partial charge in [0.15, 0.2) is 11.0 Å². The van der Waals surface area contributed by atoms with Gasteiger partial charge in [-0.25, -0.2) is 0 Å². The highest BCUT2D eigenvalue weighted by Gasteiger charge is 2.23. The smallest absolute Gasteiger partial charge is 0.233 e. The molecule has 1 aromatic heterocycles. The van der Waals surface area contributed by atoms with Gasteiger partial charge in [-0.15, -0.1) is 10.2 Å². The molecule has 27 heavy (non-hydrogen) atoms. The molecule has 1 N–H and O–H groups in total. The van der Waals surface area contributed by atoms with Crippen LogP contribution >= 0.6 is 11.8 Å². The Morgan fingerprint density at radius 2 is 1.74 bits per heavy atom. The highest BCUT2D eigenvalue weighted by atomic mass is 32.2. The number of nitrogens with one attached hydrogen (secondary N) is 1. The van der Waals surface area contributed by atoms with Crippen molar-refractivity contribution in [3.8, 4) is 5.69 Å². The molecule has 144 valence electrons. The Morgan fingerprint density at radius 1 is 1.00 bits per heavy atom. The summed E-state index contributed by atoms with van der Waals surface area (Å²) in [6.45, 7) is 5.10. The number of rotatable bonds is 6. The summed E-state index contributed by atoms with van der Waals surface area (Å²) in [6.07, 6.45) is 6.07. The van der Waals surface area contributed by atoms with Gasteiger partial charge in [0.05, 0.1) is 18.8 Å². The molecule has 0 radical (unpaired) electrons. The average Bonchev–Trinajstić information content (AvgIpc) is 3.38. The lowest BCUT2D eigenvalue weighted by Crippen LogP contribution is -3.08. The van der Waals surface area contributed by atoms with Gasteiger partial charge in [-0.3, -0.25) is 9.36 Å². The van der Waals surface area contributed by atoms with Crippen LogP contribution in [0.3, 0.4) is 0 Å². The summed E-state index contributed by atoms with van der Waals surface area (Å²) in [5, 5.41) is 9.76. The van der Waals surface area contributed by atoms with E-state index in [-0.39, 0.29) is 5.91 Å². The second kappa shape index (κ2) is 8.89. The maximum atomic E-state index is 12.5. The first-order chi connectivity index (χ1) is 13.3. The first-order valence-electron chi connectivity index (χ1n) is 10.0. The molecule has 1 aromatic carbocycles. The standard InChI is InChI=1S/C20H27N5OS/c26-19(24-13-5-2-6-14-24)16-27-20-22-21-18(15-23-11-7-8-12-23)25(20)17-9-3-1-4-10-17/h1,3-4,9-10H,2,5-8,11-16H2/p+1. The molecule has 2 fully saturated rings. The van der Waals surface area contributed by atoms with Crippen LogP contribution < -0.4 is 4.90 Å². The number of piperidine rings is 1. The Kier molecular flexibility index (Phi) is 6.09. The number of carbonyl (C=O) groups excluding carboxylic acids is 1. The van der Waals surface area contributed by atoms with Crippen LogP contribution in [0.1, 0.15) is 37.9 Å². The number of para-hydroxylation sites is 1. The van der Waals surface area contributed by atoms with E-state index in [1.165, 1.54) is 44.1 Å². The van der Waals surface area contributed by atoms with Crippen molar-refractivity contribution < 1.29 is 9.69 Å². The summed E-state index contributed by atoms with van der Waals surface area (Å²) < 4.78 is 2.14. The van der Waals surface area contributed by atoms with E-state index >= 15 is 0 Å². The van der Waals surface area contributed by atoms with Gasteiger partial charge >= 0.3 is 0 Å². The van der Waals surface area contributed by atoms with Crippen LogP contribution in [-0.4, -0.2) is 57.5 Å². The number of benzene rings is 1. The number of aromatic nitrogens is 3. The van der Waals surface area contributed by atoms with Crippen LogP contribution in [0.5, 0.6) is 0 Å². The van der Waals surface area contributed by atoms with Crippen LogP contribution in [-0.2, 0) is 11.3 Å². The third-order valence-corrected chi connectivity index (χ3v) is 6.38. The highest BCUT2D eigenvalue weighted by molar-refractivity contribution is 7.99. The first-order valence-corrected chi connectivity index (χ1v) is 11.0. The van der Waals surface area contributed by atoms with Crippen molar-refractivity contribution >= 4 is 17.7 Å². The molecule has 0 saturated carbocycles. The minimum Gasteiger partial charge on any atom is -0.342 e. The Hall–Kier alpha value is -1.86. The van der Waals surface area contributed by atoms with Gasteiger partial charge < -0.3 is 9.80 Å². The number of hydrogen-bond donors (Lipinski definition) is 1. The summed E-state index contributed by atoms with van der Waals surface area (Å²) in [7, 11) is 0. The minimum atomic E-state index is 0.217. The third-order valence-electron chi connectivity index (χ3n) is 5.47. The maximum absolute atomic E-state index is 12.5. The topological polar surface area (TPSA) is 55.5 Å². The molecule has 4 rings (SSSR count). The molecule has 0 bridgehead atoms. The SMILES string of the molecule is O=C(CSc1nnc(C[NH+]2CCCC2)n1-c1ccccc1)N1CCCCC1. The largest absolute Gasteiger partial charge is 0.342 e. The van der Waals surface area contributed by atoms with Crippen molar-refractivity contribution in [2.45, 2.75) is 43.8 Å². The summed E-state index contributed by atoms with van der Waals surface area (Å²) in [6, 6.07) is 10.3. The summed E-state index contributed by atoms with van der Waals surface area (Å²) in [5.74, 6) is 1.64. The second-order valence-corrected chi connectivity index (χ2v) is 8.38. The normalized spacial score (nSPS) is 18.1. The molecule has 2 aromatic rings. The lowest BCUT2D eigenvalue weighted by Gasteiger charge is -2.26.